The van der Waals surface area contributed by atoms with Gasteiger partial charge in [0, 0.05) is 46.9 Å². The molecule has 3 fully saturated rings. The Labute approximate surface area is 177 Å². The summed E-state index contributed by atoms with van der Waals surface area (Å²) < 4.78 is 19.8. The molecule has 4 heterocycles. The molecule has 2 saturated carbocycles. The first-order valence-electron chi connectivity index (χ1n) is 11.3. The van der Waals surface area contributed by atoms with Gasteiger partial charge in [-0.1, -0.05) is 13.8 Å². The molecule has 2 aromatic heterocycles. The Kier molecular flexibility index (Phi) is 4.71. The number of aromatic nitrogens is 2. The molecule has 160 valence electrons. The van der Waals surface area contributed by atoms with Gasteiger partial charge in [0.25, 0.3) is 0 Å². The minimum atomic E-state index is -0.612. The van der Waals surface area contributed by atoms with E-state index in [0.717, 1.165) is 60.0 Å². The second-order valence-electron chi connectivity index (χ2n) is 9.53. The molecule has 0 radical (unpaired) electrons. The fourth-order valence-electron chi connectivity index (χ4n) is 5.84. The smallest absolute Gasteiger partial charge is 0.407 e. The standard InChI is InChI=1S/C20H24BFN4O2.C2H6/c1-19(2)6-8-26-21(27-19)15-11-24-18-13(4-7-23-18)16(15)17(25-26)14-10-20(28-22)5-3-12(14)9-20;1-2/h4,7,11-12,14H,3,5-6,8-10H2,1-2H3,(H,23,24);1-2H3/t12-,14+,20-;/m0./s1. The third-order valence-corrected chi connectivity index (χ3v) is 7.30. The van der Waals surface area contributed by atoms with Gasteiger partial charge in [-0.15, -0.1) is 0 Å². The zero-order valence-electron chi connectivity index (χ0n) is 18.2. The fraction of sp³-hybridized carbons (Fsp3) is 0.636. The minimum absolute atomic E-state index is 0.197. The first-order chi connectivity index (χ1) is 14.5. The Bertz CT molecular complexity index is 993. The van der Waals surface area contributed by atoms with E-state index in [1.165, 1.54) is 0 Å². The van der Waals surface area contributed by atoms with Crippen molar-refractivity contribution in [3.05, 3.63) is 24.0 Å². The number of nitrogens with one attached hydrogen (secondary N) is 1. The quantitative estimate of drug-likeness (QED) is 0.759. The number of aromatic amines is 1. The van der Waals surface area contributed by atoms with E-state index < -0.39 is 5.60 Å². The van der Waals surface area contributed by atoms with E-state index >= 15 is 0 Å². The number of hydrogen-bond donors (Lipinski definition) is 1. The van der Waals surface area contributed by atoms with Gasteiger partial charge in [-0.25, -0.2) is 4.98 Å². The maximum Gasteiger partial charge on any atom is 0.471 e. The van der Waals surface area contributed by atoms with Gasteiger partial charge in [0.2, 0.25) is 0 Å². The summed E-state index contributed by atoms with van der Waals surface area (Å²) in [6.45, 7) is 9.10. The Morgan fingerprint density at radius 3 is 2.90 bits per heavy atom. The van der Waals surface area contributed by atoms with Crippen molar-refractivity contribution in [2.45, 2.75) is 71.0 Å². The van der Waals surface area contributed by atoms with E-state index in [0.29, 0.717) is 12.3 Å². The highest BCUT2D eigenvalue weighted by Gasteiger charge is 2.56. The number of pyridine rings is 1. The van der Waals surface area contributed by atoms with Gasteiger partial charge < -0.3 is 14.6 Å². The highest BCUT2D eigenvalue weighted by Crippen LogP contribution is 2.55. The van der Waals surface area contributed by atoms with Crippen molar-refractivity contribution in [1.82, 2.24) is 14.9 Å². The molecule has 2 bridgehead atoms. The van der Waals surface area contributed by atoms with Crippen LogP contribution in [0.3, 0.4) is 0 Å². The van der Waals surface area contributed by atoms with Crippen molar-refractivity contribution >= 4 is 29.3 Å². The van der Waals surface area contributed by atoms with Crippen molar-refractivity contribution in [3.63, 3.8) is 0 Å². The Balaban J connectivity index is 0.000000937. The molecule has 2 aliphatic heterocycles. The van der Waals surface area contributed by atoms with Gasteiger partial charge in [-0.05, 0) is 62.5 Å². The fourth-order valence-corrected chi connectivity index (χ4v) is 5.84. The molecule has 4 aliphatic rings. The second kappa shape index (κ2) is 7.06. The van der Waals surface area contributed by atoms with Gasteiger partial charge in [0.05, 0.1) is 5.71 Å². The number of hydrazone groups is 1. The average Bonchev–Trinajstić information content (AvgIpc) is 3.48. The molecule has 6 nitrogen and oxygen atoms in total. The predicted octanol–water partition coefficient (Wildman–Crippen LogP) is 3.96. The van der Waals surface area contributed by atoms with Gasteiger partial charge in [-0.2, -0.15) is 10.0 Å². The summed E-state index contributed by atoms with van der Waals surface area (Å²) in [6.07, 6.45) is 8.06. The molecule has 0 unspecified atom stereocenters. The Morgan fingerprint density at radius 2 is 2.13 bits per heavy atom. The molecule has 0 aromatic carbocycles. The number of hydrogen-bond acceptors (Lipinski definition) is 5. The maximum absolute atomic E-state index is 13.4. The summed E-state index contributed by atoms with van der Waals surface area (Å²) in [5.41, 5.74) is 3.30. The Morgan fingerprint density at radius 1 is 1.30 bits per heavy atom. The van der Waals surface area contributed by atoms with Crippen molar-refractivity contribution in [1.29, 1.82) is 0 Å². The lowest BCUT2D eigenvalue weighted by molar-refractivity contribution is -0.232. The van der Waals surface area contributed by atoms with Crippen LogP contribution in [0.5, 0.6) is 0 Å². The first-order valence-corrected chi connectivity index (χ1v) is 11.3. The summed E-state index contributed by atoms with van der Waals surface area (Å²) in [7, 11) is -0.223. The van der Waals surface area contributed by atoms with E-state index in [2.05, 4.69) is 39.7 Å². The van der Waals surface area contributed by atoms with Crippen LogP contribution >= 0.6 is 0 Å². The summed E-state index contributed by atoms with van der Waals surface area (Å²) in [5.74, 6) is 0.628. The zero-order valence-corrected chi connectivity index (χ0v) is 18.2. The van der Waals surface area contributed by atoms with Crippen LogP contribution in [0.4, 0.5) is 4.53 Å². The highest BCUT2D eigenvalue weighted by molar-refractivity contribution is 6.68. The van der Waals surface area contributed by atoms with E-state index in [9.17, 15) is 4.53 Å². The lowest BCUT2D eigenvalue weighted by Gasteiger charge is -2.44. The normalized spacial score (nSPS) is 31.2. The molecule has 0 amide bonds. The van der Waals surface area contributed by atoms with Crippen LogP contribution in [0.1, 0.15) is 65.4 Å². The SMILES string of the molecule is CC.CC1(C)CCN2N=C([C@@H]3C[C@]4(OF)CC[C@H]3C4)c3c(cnc4[nH]ccc34)B2O1. The lowest BCUT2D eigenvalue weighted by Crippen LogP contribution is -2.61. The van der Waals surface area contributed by atoms with Crippen LogP contribution in [0.25, 0.3) is 11.0 Å². The molecule has 6 rings (SSSR count). The summed E-state index contributed by atoms with van der Waals surface area (Å²) in [5, 5.41) is 6.18. The molecule has 30 heavy (non-hydrogen) atoms. The minimum Gasteiger partial charge on any atom is -0.407 e. The number of fused-ring (bicyclic) bond motifs is 7. The van der Waals surface area contributed by atoms with Crippen LogP contribution in [-0.4, -0.2) is 45.4 Å². The number of halogens is 1. The predicted molar refractivity (Wildman–Crippen MR) is 116 cm³/mol. The van der Waals surface area contributed by atoms with E-state index in [-0.39, 0.29) is 18.6 Å². The third kappa shape index (κ3) is 2.91. The van der Waals surface area contributed by atoms with E-state index in [1.54, 1.807) is 0 Å². The molecule has 2 aliphatic carbocycles. The monoisotopic (exact) mass is 412 g/mol. The molecule has 3 atom stereocenters. The van der Waals surface area contributed by atoms with Gasteiger partial charge >= 0.3 is 7.05 Å². The number of nitrogens with zero attached hydrogens (tertiary/aromatic N) is 3. The molecular weight excluding hydrogens is 382 g/mol. The summed E-state index contributed by atoms with van der Waals surface area (Å²) >= 11 is 0. The van der Waals surface area contributed by atoms with E-state index in [4.69, 9.17) is 9.76 Å². The number of H-pyrrole nitrogens is 1. The Hall–Kier alpha value is -1.93. The maximum atomic E-state index is 13.4. The topological polar surface area (TPSA) is 62.7 Å². The van der Waals surface area contributed by atoms with Crippen molar-refractivity contribution < 1.29 is 14.1 Å². The molecule has 1 N–H and O–H groups in total. The first kappa shape index (κ1) is 20.0. The average molecular weight is 412 g/mol. The zero-order chi connectivity index (χ0) is 21.1. The largest absolute Gasteiger partial charge is 0.471 e. The molecule has 1 saturated heterocycles. The van der Waals surface area contributed by atoms with Crippen LogP contribution < -0.4 is 5.46 Å². The highest BCUT2D eigenvalue weighted by atomic mass is 19.3. The summed E-state index contributed by atoms with van der Waals surface area (Å²) in [6, 6.07) is 2.06. The molecule has 2 aromatic rings. The van der Waals surface area contributed by atoms with Crippen molar-refractivity contribution in [3.8, 4) is 0 Å². The van der Waals surface area contributed by atoms with Gasteiger partial charge in [0.1, 0.15) is 11.2 Å². The van der Waals surface area contributed by atoms with Crippen molar-refractivity contribution in [2.24, 2.45) is 16.9 Å². The van der Waals surface area contributed by atoms with E-state index in [1.807, 2.05) is 26.2 Å². The molecule has 8 heteroatoms. The van der Waals surface area contributed by atoms with Gasteiger partial charge in [-0.3, -0.25) is 0 Å². The molecular formula is C22H30BFN4O2. The van der Waals surface area contributed by atoms with Crippen LogP contribution in [0, 0.1) is 11.8 Å². The third-order valence-electron chi connectivity index (χ3n) is 7.30. The number of rotatable bonds is 2. The van der Waals surface area contributed by atoms with Crippen LogP contribution in [-0.2, 0) is 9.60 Å². The van der Waals surface area contributed by atoms with Crippen LogP contribution in [0.15, 0.2) is 23.6 Å². The molecule has 0 spiro atoms. The van der Waals surface area contributed by atoms with Gasteiger partial charge in [0.15, 0.2) is 0 Å². The van der Waals surface area contributed by atoms with Crippen molar-refractivity contribution in [2.75, 3.05) is 6.54 Å². The lowest BCUT2D eigenvalue weighted by atomic mass is 9.64. The second-order valence-corrected chi connectivity index (χ2v) is 9.53. The van der Waals surface area contributed by atoms with Crippen LogP contribution in [0.2, 0.25) is 0 Å². The summed E-state index contributed by atoms with van der Waals surface area (Å²) in [4.78, 5) is 14.4.